The van der Waals surface area contributed by atoms with Gasteiger partial charge < -0.3 is 9.84 Å². The minimum Gasteiger partial charge on any atom is -0.392 e. The van der Waals surface area contributed by atoms with E-state index in [1.54, 1.807) is 7.11 Å². The Bertz CT molecular complexity index is 597. The molecule has 2 aliphatic rings. The van der Waals surface area contributed by atoms with Crippen molar-refractivity contribution in [2.45, 2.75) is 44.2 Å². The van der Waals surface area contributed by atoms with Gasteiger partial charge in [0.1, 0.15) is 5.82 Å². The summed E-state index contributed by atoms with van der Waals surface area (Å²) in [6, 6.07) is 2.52. The van der Waals surface area contributed by atoms with Crippen molar-refractivity contribution < 1.29 is 27.4 Å². The molecule has 1 aromatic carbocycles. The van der Waals surface area contributed by atoms with Gasteiger partial charge in [-0.1, -0.05) is 0 Å². The molecule has 1 N–H and O–H groups in total. The summed E-state index contributed by atoms with van der Waals surface area (Å²) in [6.45, 7) is 1.35. The summed E-state index contributed by atoms with van der Waals surface area (Å²) in [7, 11) is 1.63. The fourth-order valence-corrected chi connectivity index (χ4v) is 3.95. The van der Waals surface area contributed by atoms with E-state index in [4.69, 9.17) is 4.74 Å². The molecule has 0 bridgehead atoms. The third kappa shape index (κ3) is 3.05. The van der Waals surface area contributed by atoms with Crippen molar-refractivity contribution >= 4 is 0 Å². The molecule has 1 saturated carbocycles. The molecule has 24 heavy (non-hydrogen) atoms. The van der Waals surface area contributed by atoms with Crippen molar-refractivity contribution in [1.29, 1.82) is 0 Å². The van der Waals surface area contributed by atoms with Gasteiger partial charge >= 0.3 is 6.18 Å². The monoisotopic (exact) mass is 347 g/mol. The molecule has 0 aromatic heterocycles. The molecule has 0 radical (unpaired) electrons. The van der Waals surface area contributed by atoms with Crippen LogP contribution in [-0.4, -0.2) is 42.4 Å². The van der Waals surface area contributed by atoms with E-state index < -0.39 is 23.7 Å². The van der Waals surface area contributed by atoms with Crippen molar-refractivity contribution in [3.05, 3.63) is 35.1 Å². The molecular weight excluding hydrogens is 326 g/mol. The summed E-state index contributed by atoms with van der Waals surface area (Å²) < 4.78 is 57.6. The van der Waals surface area contributed by atoms with E-state index in [2.05, 4.69) is 0 Å². The first-order valence-corrected chi connectivity index (χ1v) is 8.05. The third-order valence-electron chi connectivity index (χ3n) is 5.58. The quantitative estimate of drug-likeness (QED) is 0.853. The van der Waals surface area contributed by atoms with Gasteiger partial charge in [-0.05, 0) is 44.1 Å². The minimum atomic E-state index is -4.48. The van der Waals surface area contributed by atoms with Gasteiger partial charge in [-0.3, -0.25) is 4.90 Å². The van der Waals surface area contributed by atoms with Crippen LogP contribution in [0, 0.1) is 11.2 Å². The average molecular weight is 347 g/mol. The normalized spacial score (nSPS) is 27.2. The standard InChI is InChI=1S/C17H21F4NO2/c1-24-15-9-14(23)16(15)4-6-22(7-5-16)10-11-8-12(17(19,20)21)2-3-13(11)18/h2-3,8,14-15,23H,4-7,9-10H2,1H3/t14-,15+/m1/s1. The molecule has 134 valence electrons. The van der Waals surface area contributed by atoms with E-state index in [-0.39, 0.29) is 23.6 Å². The Morgan fingerprint density at radius 2 is 1.96 bits per heavy atom. The summed E-state index contributed by atoms with van der Waals surface area (Å²) >= 11 is 0. The number of aliphatic hydroxyl groups is 1. The van der Waals surface area contributed by atoms with Crippen LogP contribution in [0.25, 0.3) is 0 Å². The lowest BCUT2D eigenvalue weighted by molar-refractivity contribution is -0.201. The Balaban J connectivity index is 1.66. The van der Waals surface area contributed by atoms with E-state index in [1.165, 1.54) is 0 Å². The smallest absolute Gasteiger partial charge is 0.392 e. The number of hydrogen-bond acceptors (Lipinski definition) is 3. The number of hydrogen-bond donors (Lipinski definition) is 1. The summed E-state index contributed by atoms with van der Waals surface area (Å²) in [5.41, 5.74) is -1.03. The number of rotatable bonds is 3. The lowest BCUT2D eigenvalue weighted by atomic mass is 9.58. The highest BCUT2D eigenvalue weighted by Crippen LogP contribution is 2.50. The lowest BCUT2D eigenvalue weighted by Gasteiger charge is -2.56. The van der Waals surface area contributed by atoms with Gasteiger partial charge in [0.05, 0.1) is 17.8 Å². The molecule has 3 nitrogen and oxygen atoms in total. The molecule has 1 aliphatic heterocycles. The third-order valence-corrected chi connectivity index (χ3v) is 5.58. The molecule has 0 unspecified atom stereocenters. The second-order valence-electron chi connectivity index (χ2n) is 6.79. The Morgan fingerprint density at radius 1 is 1.29 bits per heavy atom. The van der Waals surface area contributed by atoms with E-state index in [0.29, 0.717) is 32.4 Å². The van der Waals surface area contributed by atoms with Gasteiger partial charge in [0.25, 0.3) is 0 Å². The number of benzene rings is 1. The van der Waals surface area contributed by atoms with E-state index in [1.807, 2.05) is 4.90 Å². The van der Waals surface area contributed by atoms with Crippen molar-refractivity contribution in [2.24, 2.45) is 5.41 Å². The molecule has 0 amide bonds. The van der Waals surface area contributed by atoms with Gasteiger partial charge in [-0.2, -0.15) is 13.2 Å². The number of halogens is 4. The molecule has 1 heterocycles. The van der Waals surface area contributed by atoms with Crippen LogP contribution in [-0.2, 0) is 17.5 Å². The first-order valence-electron chi connectivity index (χ1n) is 8.05. The lowest BCUT2D eigenvalue weighted by Crippen LogP contribution is -2.61. The zero-order valence-electron chi connectivity index (χ0n) is 13.4. The second-order valence-corrected chi connectivity index (χ2v) is 6.79. The molecular formula is C17H21F4NO2. The number of aliphatic hydroxyl groups excluding tert-OH is 1. The van der Waals surface area contributed by atoms with E-state index >= 15 is 0 Å². The molecule has 1 aliphatic carbocycles. The first-order chi connectivity index (χ1) is 11.3. The summed E-state index contributed by atoms with van der Waals surface area (Å²) in [5, 5.41) is 10.1. The first kappa shape index (κ1) is 17.6. The van der Waals surface area contributed by atoms with Gasteiger partial charge in [0.15, 0.2) is 0 Å². The summed E-state index contributed by atoms with van der Waals surface area (Å²) in [4.78, 5) is 1.93. The SMILES string of the molecule is CO[C@H]1C[C@@H](O)C12CCN(Cc1cc(C(F)(F)F)ccc1F)CC2. The highest BCUT2D eigenvalue weighted by Gasteiger charge is 2.55. The molecule has 1 spiro atoms. The molecule has 1 saturated heterocycles. The van der Waals surface area contributed by atoms with Crippen molar-refractivity contribution in [3.8, 4) is 0 Å². The topological polar surface area (TPSA) is 32.7 Å². The van der Waals surface area contributed by atoms with Crippen molar-refractivity contribution in [2.75, 3.05) is 20.2 Å². The van der Waals surface area contributed by atoms with Crippen LogP contribution >= 0.6 is 0 Å². The maximum atomic E-state index is 13.9. The number of methoxy groups -OCH3 is 1. The van der Waals surface area contributed by atoms with Crippen molar-refractivity contribution in [3.63, 3.8) is 0 Å². The van der Waals surface area contributed by atoms with Crippen LogP contribution in [0.15, 0.2) is 18.2 Å². The molecule has 2 fully saturated rings. The van der Waals surface area contributed by atoms with Crippen LogP contribution in [0.3, 0.4) is 0 Å². The molecule has 1 aromatic rings. The zero-order chi connectivity index (χ0) is 17.5. The van der Waals surface area contributed by atoms with Crippen LogP contribution in [0.4, 0.5) is 17.6 Å². The largest absolute Gasteiger partial charge is 0.416 e. The van der Waals surface area contributed by atoms with E-state index in [9.17, 15) is 22.7 Å². The Labute approximate surface area is 138 Å². The maximum absolute atomic E-state index is 13.9. The van der Waals surface area contributed by atoms with Crippen LogP contribution in [0.1, 0.15) is 30.4 Å². The van der Waals surface area contributed by atoms with Crippen LogP contribution in [0.5, 0.6) is 0 Å². The molecule has 2 atom stereocenters. The number of piperidine rings is 1. The maximum Gasteiger partial charge on any atom is 0.416 e. The number of nitrogens with zero attached hydrogens (tertiary/aromatic N) is 1. The minimum absolute atomic E-state index is 0.0277. The second kappa shape index (κ2) is 6.28. The average Bonchev–Trinajstić information content (AvgIpc) is 2.54. The Morgan fingerprint density at radius 3 is 2.50 bits per heavy atom. The highest BCUT2D eigenvalue weighted by molar-refractivity contribution is 5.27. The molecule has 7 heteroatoms. The summed E-state index contributed by atoms with van der Waals surface area (Å²) in [6.07, 6.45) is -2.81. The number of likely N-dealkylation sites (tertiary alicyclic amines) is 1. The predicted octanol–water partition coefficient (Wildman–Crippen LogP) is 3.21. The molecule has 3 rings (SSSR count). The number of ether oxygens (including phenoxy) is 1. The Hall–Kier alpha value is -1.18. The highest BCUT2D eigenvalue weighted by atomic mass is 19.4. The van der Waals surface area contributed by atoms with Gasteiger partial charge in [0.2, 0.25) is 0 Å². The predicted molar refractivity (Wildman–Crippen MR) is 79.8 cm³/mol. The van der Waals surface area contributed by atoms with Gasteiger partial charge in [-0.15, -0.1) is 0 Å². The summed E-state index contributed by atoms with van der Waals surface area (Å²) in [5.74, 6) is -0.623. The van der Waals surface area contributed by atoms with Crippen LogP contribution < -0.4 is 0 Å². The zero-order valence-corrected chi connectivity index (χ0v) is 13.4. The van der Waals surface area contributed by atoms with Crippen LogP contribution in [0.2, 0.25) is 0 Å². The van der Waals surface area contributed by atoms with Gasteiger partial charge in [-0.25, -0.2) is 4.39 Å². The Kier molecular flexibility index (Phi) is 4.61. The number of alkyl halides is 3. The van der Waals surface area contributed by atoms with E-state index in [0.717, 1.165) is 18.2 Å². The fraction of sp³-hybridized carbons (Fsp3) is 0.647. The fourth-order valence-electron chi connectivity index (χ4n) is 3.95. The van der Waals surface area contributed by atoms with Crippen molar-refractivity contribution in [1.82, 2.24) is 4.90 Å². The van der Waals surface area contributed by atoms with Gasteiger partial charge in [0, 0.05) is 31.1 Å².